The van der Waals surface area contributed by atoms with Crippen LogP contribution in [0.2, 0.25) is 0 Å². The molecule has 0 aliphatic carbocycles. The van der Waals surface area contributed by atoms with Crippen LogP contribution < -0.4 is 25.9 Å². The molecule has 10 heteroatoms. The van der Waals surface area contributed by atoms with Gasteiger partial charge in [0.15, 0.2) is 17.2 Å². The first-order valence-electron chi connectivity index (χ1n) is 8.41. The standard InChI is InChI=1S/C19H17BrN4O5/c1-28-14-7-10(13(20)9-15(14)29-2)8-16(25)21-24-19(27)17-11-5-3-4-6-12(11)18(26)23-22-17/h3-7,9H,8H2,1-2H3,(H,21,25)(H,23,26)(H,24,27). The van der Waals surface area contributed by atoms with Crippen LogP contribution in [0.4, 0.5) is 0 Å². The van der Waals surface area contributed by atoms with Gasteiger partial charge in [0.2, 0.25) is 5.91 Å². The Morgan fingerprint density at radius 3 is 2.41 bits per heavy atom. The van der Waals surface area contributed by atoms with E-state index in [1.807, 2.05) is 0 Å². The summed E-state index contributed by atoms with van der Waals surface area (Å²) >= 11 is 3.38. The van der Waals surface area contributed by atoms with Crippen molar-refractivity contribution >= 4 is 38.5 Å². The van der Waals surface area contributed by atoms with Crippen LogP contribution in [0.5, 0.6) is 11.5 Å². The van der Waals surface area contributed by atoms with E-state index in [4.69, 9.17) is 9.47 Å². The second-order valence-corrected chi connectivity index (χ2v) is 6.78. The number of hydrogen-bond acceptors (Lipinski definition) is 6. The average molecular weight is 461 g/mol. The Kier molecular flexibility index (Phi) is 6.13. The summed E-state index contributed by atoms with van der Waals surface area (Å²) in [6, 6.07) is 9.92. The zero-order chi connectivity index (χ0) is 21.0. The number of rotatable bonds is 5. The van der Waals surface area contributed by atoms with E-state index in [1.54, 1.807) is 36.4 Å². The smallest absolute Gasteiger partial charge is 0.290 e. The van der Waals surface area contributed by atoms with Crippen molar-refractivity contribution in [3.8, 4) is 11.5 Å². The maximum Gasteiger partial charge on any atom is 0.290 e. The highest BCUT2D eigenvalue weighted by atomic mass is 79.9. The number of carbonyl (C=O) groups excluding carboxylic acids is 2. The molecule has 0 radical (unpaired) electrons. The van der Waals surface area contributed by atoms with Crippen LogP contribution in [0.1, 0.15) is 16.1 Å². The van der Waals surface area contributed by atoms with Gasteiger partial charge in [-0.1, -0.05) is 34.1 Å². The maximum absolute atomic E-state index is 12.4. The molecular formula is C19H17BrN4O5. The number of halogens is 1. The number of ether oxygens (including phenoxy) is 2. The highest BCUT2D eigenvalue weighted by Gasteiger charge is 2.16. The van der Waals surface area contributed by atoms with E-state index in [1.165, 1.54) is 14.2 Å². The number of nitrogens with one attached hydrogen (secondary N) is 3. The molecule has 0 atom stereocenters. The van der Waals surface area contributed by atoms with Gasteiger partial charge in [-0.15, -0.1) is 0 Å². The molecule has 29 heavy (non-hydrogen) atoms. The number of carbonyl (C=O) groups is 2. The predicted molar refractivity (Wildman–Crippen MR) is 109 cm³/mol. The first-order chi connectivity index (χ1) is 13.9. The first kappa shape index (κ1) is 20.3. The number of methoxy groups -OCH3 is 2. The Bertz CT molecular complexity index is 1150. The summed E-state index contributed by atoms with van der Waals surface area (Å²) < 4.78 is 11.1. The normalized spacial score (nSPS) is 10.4. The summed E-state index contributed by atoms with van der Waals surface area (Å²) in [5.41, 5.74) is 4.88. The third-order valence-electron chi connectivity index (χ3n) is 4.13. The van der Waals surface area contributed by atoms with Crippen LogP contribution in [0.25, 0.3) is 10.8 Å². The predicted octanol–water partition coefficient (Wildman–Crippen LogP) is 1.71. The summed E-state index contributed by atoms with van der Waals surface area (Å²) in [4.78, 5) is 36.5. The van der Waals surface area contributed by atoms with Gasteiger partial charge in [-0.05, 0) is 23.8 Å². The lowest BCUT2D eigenvalue weighted by Crippen LogP contribution is -2.43. The van der Waals surface area contributed by atoms with Crippen LogP contribution in [0.15, 0.2) is 45.7 Å². The van der Waals surface area contributed by atoms with Crippen molar-refractivity contribution < 1.29 is 19.1 Å². The van der Waals surface area contributed by atoms with Gasteiger partial charge in [0.05, 0.1) is 26.0 Å². The maximum atomic E-state index is 12.4. The Balaban J connectivity index is 1.71. The lowest BCUT2D eigenvalue weighted by Gasteiger charge is -2.12. The summed E-state index contributed by atoms with van der Waals surface area (Å²) in [5.74, 6) is -0.114. The lowest BCUT2D eigenvalue weighted by molar-refractivity contribution is -0.121. The number of H-pyrrole nitrogens is 1. The number of aromatic amines is 1. The van der Waals surface area contributed by atoms with Crippen LogP contribution in [-0.4, -0.2) is 36.2 Å². The lowest BCUT2D eigenvalue weighted by atomic mass is 10.1. The SMILES string of the molecule is COc1cc(Br)c(CC(=O)NNC(=O)c2n[nH]c(=O)c3ccccc23)cc1OC. The first-order valence-corrected chi connectivity index (χ1v) is 9.21. The van der Waals surface area contributed by atoms with Gasteiger partial charge in [-0.3, -0.25) is 25.2 Å². The Morgan fingerprint density at radius 2 is 1.72 bits per heavy atom. The third-order valence-corrected chi connectivity index (χ3v) is 4.87. The number of benzene rings is 2. The van der Waals surface area contributed by atoms with Crippen molar-refractivity contribution in [2.45, 2.75) is 6.42 Å². The molecule has 0 fully saturated rings. The molecule has 2 aromatic carbocycles. The molecule has 1 aromatic heterocycles. The van der Waals surface area contributed by atoms with Gasteiger partial charge in [-0.2, -0.15) is 5.10 Å². The molecule has 0 saturated heterocycles. The second-order valence-electron chi connectivity index (χ2n) is 5.92. The summed E-state index contributed by atoms with van der Waals surface area (Å²) in [6.45, 7) is 0. The number of amides is 2. The van der Waals surface area contributed by atoms with Crippen molar-refractivity contribution in [1.29, 1.82) is 0 Å². The van der Waals surface area contributed by atoms with E-state index in [0.29, 0.717) is 32.3 Å². The molecule has 0 saturated carbocycles. The Hall–Kier alpha value is -3.40. The molecular weight excluding hydrogens is 444 g/mol. The molecule has 2 amide bonds. The van der Waals surface area contributed by atoms with Crippen molar-refractivity contribution in [3.63, 3.8) is 0 Å². The quantitative estimate of drug-likeness (QED) is 0.498. The van der Waals surface area contributed by atoms with E-state index in [0.717, 1.165) is 0 Å². The fourth-order valence-electron chi connectivity index (χ4n) is 2.72. The van der Waals surface area contributed by atoms with Crippen LogP contribution in [-0.2, 0) is 11.2 Å². The van der Waals surface area contributed by atoms with E-state index >= 15 is 0 Å². The van der Waals surface area contributed by atoms with E-state index < -0.39 is 17.4 Å². The van der Waals surface area contributed by atoms with E-state index in [2.05, 4.69) is 37.0 Å². The zero-order valence-corrected chi connectivity index (χ0v) is 17.1. The molecule has 3 rings (SSSR count). The molecule has 3 aromatic rings. The zero-order valence-electron chi connectivity index (χ0n) is 15.5. The highest BCUT2D eigenvalue weighted by molar-refractivity contribution is 9.10. The van der Waals surface area contributed by atoms with Crippen molar-refractivity contribution in [3.05, 3.63) is 62.5 Å². The Labute approximate surface area is 173 Å². The largest absolute Gasteiger partial charge is 0.493 e. The van der Waals surface area contributed by atoms with Crippen molar-refractivity contribution in [2.24, 2.45) is 0 Å². The number of aromatic nitrogens is 2. The molecule has 0 spiro atoms. The van der Waals surface area contributed by atoms with Gasteiger partial charge in [0.25, 0.3) is 11.5 Å². The van der Waals surface area contributed by atoms with Crippen molar-refractivity contribution in [1.82, 2.24) is 21.0 Å². The summed E-state index contributed by atoms with van der Waals surface area (Å²) in [6.07, 6.45) is -0.0268. The van der Waals surface area contributed by atoms with Gasteiger partial charge in [0.1, 0.15) is 0 Å². The molecule has 3 N–H and O–H groups in total. The van der Waals surface area contributed by atoms with Gasteiger partial charge >= 0.3 is 0 Å². The topological polar surface area (TPSA) is 122 Å². The van der Waals surface area contributed by atoms with Gasteiger partial charge in [-0.25, -0.2) is 5.10 Å². The van der Waals surface area contributed by atoms with Crippen LogP contribution in [0.3, 0.4) is 0 Å². The third kappa shape index (κ3) is 4.37. The summed E-state index contributed by atoms with van der Waals surface area (Å²) in [7, 11) is 3.01. The van der Waals surface area contributed by atoms with Crippen LogP contribution >= 0.6 is 15.9 Å². The van der Waals surface area contributed by atoms with E-state index in [9.17, 15) is 14.4 Å². The average Bonchev–Trinajstić information content (AvgIpc) is 2.73. The fourth-order valence-corrected chi connectivity index (χ4v) is 3.18. The molecule has 0 unspecified atom stereocenters. The molecule has 1 heterocycles. The number of hydrogen-bond donors (Lipinski definition) is 3. The van der Waals surface area contributed by atoms with Crippen molar-refractivity contribution in [2.75, 3.05) is 14.2 Å². The fraction of sp³-hybridized carbons (Fsp3) is 0.158. The molecule has 0 aliphatic rings. The monoisotopic (exact) mass is 460 g/mol. The molecule has 150 valence electrons. The van der Waals surface area contributed by atoms with Crippen LogP contribution in [0, 0.1) is 0 Å². The molecule has 0 bridgehead atoms. The highest BCUT2D eigenvalue weighted by Crippen LogP contribution is 2.33. The molecule has 0 aliphatic heterocycles. The van der Waals surface area contributed by atoms with Gasteiger partial charge in [0, 0.05) is 9.86 Å². The number of fused-ring (bicyclic) bond motifs is 1. The van der Waals surface area contributed by atoms with E-state index in [-0.39, 0.29) is 12.1 Å². The summed E-state index contributed by atoms with van der Waals surface area (Å²) in [5, 5.41) is 6.76. The minimum Gasteiger partial charge on any atom is -0.493 e. The Morgan fingerprint density at radius 1 is 1.07 bits per heavy atom. The number of nitrogens with zero attached hydrogens (tertiary/aromatic N) is 1. The minimum absolute atomic E-state index is 0.00667. The second kappa shape index (κ2) is 8.74. The number of hydrazine groups is 1. The minimum atomic E-state index is -0.655. The van der Waals surface area contributed by atoms with Gasteiger partial charge < -0.3 is 9.47 Å². The molecule has 9 nitrogen and oxygen atoms in total.